The predicted octanol–water partition coefficient (Wildman–Crippen LogP) is 5.92. The number of benzene rings is 3. The van der Waals surface area contributed by atoms with E-state index in [1.807, 2.05) is 0 Å². The van der Waals surface area contributed by atoms with Crippen LogP contribution in [0.25, 0.3) is 5.57 Å². The van der Waals surface area contributed by atoms with Crippen LogP contribution in [0.2, 0.25) is 0 Å². The van der Waals surface area contributed by atoms with Gasteiger partial charge in [0.15, 0.2) is 0 Å². The normalized spacial score (nSPS) is 11.7. The van der Waals surface area contributed by atoms with Gasteiger partial charge in [-0.15, -0.1) is 0 Å². The second-order valence-electron chi connectivity index (χ2n) is 5.51. The van der Waals surface area contributed by atoms with Crippen molar-refractivity contribution < 1.29 is 0 Å². The standard InChI is InChI=1S/C22H20/c1-18(19-11-5-2-6-12-19)17-22(20-13-7-3-8-14-20)21-15-9-4-10-16-21/h2-18H,1H3/t18-/m1/s1. The van der Waals surface area contributed by atoms with Gasteiger partial charge in [0, 0.05) is 0 Å². The van der Waals surface area contributed by atoms with Crippen LogP contribution in [0.3, 0.4) is 0 Å². The molecule has 3 aromatic rings. The smallest absolute Gasteiger partial charge is 0.000102 e. The number of hydrogen-bond donors (Lipinski definition) is 0. The van der Waals surface area contributed by atoms with Crippen LogP contribution in [-0.4, -0.2) is 0 Å². The zero-order valence-electron chi connectivity index (χ0n) is 12.8. The van der Waals surface area contributed by atoms with Gasteiger partial charge in [-0.2, -0.15) is 0 Å². The summed E-state index contributed by atoms with van der Waals surface area (Å²) in [5.74, 6) is 0.372. The maximum absolute atomic E-state index is 2.36. The fourth-order valence-corrected chi connectivity index (χ4v) is 2.70. The molecule has 0 unspecified atom stereocenters. The van der Waals surface area contributed by atoms with Crippen molar-refractivity contribution in [1.29, 1.82) is 0 Å². The third-order valence-electron chi connectivity index (χ3n) is 3.91. The van der Waals surface area contributed by atoms with Crippen LogP contribution in [0.15, 0.2) is 97.1 Å². The highest BCUT2D eigenvalue weighted by molar-refractivity contribution is 5.80. The molecule has 0 saturated carbocycles. The van der Waals surface area contributed by atoms with Gasteiger partial charge >= 0.3 is 0 Å². The van der Waals surface area contributed by atoms with Crippen molar-refractivity contribution in [2.75, 3.05) is 0 Å². The van der Waals surface area contributed by atoms with Crippen molar-refractivity contribution in [2.24, 2.45) is 0 Å². The van der Waals surface area contributed by atoms with Crippen molar-refractivity contribution in [3.05, 3.63) is 114 Å². The number of hydrogen-bond acceptors (Lipinski definition) is 0. The molecular weight excluding hydrogens is 264 g/mol. The van der Waals surface area contributed by atoms with Crippen LogP contribution in [0.5, 0.6) is 0 Å². The minimum atomic E-state index is 0.372. The van der Waals surface area contributed by atoms with E-state index in [0.717, 1.165) is 0 Å². The predicted molar refractivity (Wildman–Crippen MR) is 94.8 cm³/mol. The zero-order valence-corrected chi connectivity index (χ0v) is 12.8. The molecule has 0 heteroatoms. The molecule has 0 heterocycles. The van der Waals surface area contributed by atoms with Crippen LogP contribution >= 0.6 is 0 Å². The molecule has 0 aromatic heterocycles. The first-order valence-corrected chi connectivity index (χ1v) is 7.72. The van der Waals surface area contributed by atoms with Crippen molar-refractivity contribution in [1.82, 2.24) is 0 Å². The van der Waals surface area contributed by atoms with Gasteiger partial charge in [0.1, 0.15) is 0 Å². The van der Waals surface area contributed by atoms with E-state index in [-0.39, 0.29) is 0 Å². The highest BCUT2D eigenvalue weighted by Crippen LogP contribution is 2.28. The fraction of sp³-hybridized carbons (Fsp3) is 0.0909. The Morgan fingerprint density at radius 3 is 1.50 bits per heavy atom. The zero-order chi connectivity index (χ0) is 15.2. The van der Waals surface area contributed by atoms with Crippen molar-refractivity contribution in [3.8, 4) is 0 Å². The first-order chi connectivity index (χ1) is 10.8. The number of allylic oxidation sites excluding steroid dienone is 1. The summed E-state index contributed by atoms with van der Waals surface area (Å²) in [5, 5.41) is 0. The van der Waals surface area contributed by atoms with E-state index in [0.29, 0.717) is 5.92 Å². The number of rotatable bonds is 4. The Morgan fingerprint density at radius 2 is 1.05 bits per heavy atom. The van der Waals surface area contributed by atoms with Crippen molar-refractivity contribution in [2.45, 2.75) is 12.8 Å². The minimum absolute atomic E-state index is 0.372. The molecule has 0 saturated heterocycles. The molecule has 0 N–H and O–H groups in total. The largest absolute Gasteiger partial charge is 0.0688 e. The summed E-state index contributed by atoms with van der Waals surface area (Å²) in [4.78, 5) is 0. The second kappa shape index (κ2) is 6.91. The topological polar surface area (TPSA) is 0 Å². The minimum Gasteiger partial charge on any atom is -0.0688 e. The lowest BCUT2D eigenvalue weighted by atomic mass is 9.91. The van der Waals surface area contributed by atoms with Crippen LogP contribution in [-0.2, 0) is 0 Å². The lowest BCUT2D eigenvalue weighted by Gasteiger charge is -2.13. The Hall–Kier alpha value is -2.60. The van der Waals surface area contributed by atoms with E-state index in [1.165, 1.54) is 22.3 Å². The Balaban J connectivity index is 2.04. The van der Waals surface area contributed by atoms with Gasteiger partial charge in [0.05, 0.1) is 0 Å². The SMILES string of the molecule is C[C@H](C=C(c1ccccc1)c1ccccc1)c1ccccc1. The van der Waals surface area contributed by atoms with Crippen molar-refractivity contribution in [3.63, 3.8) is 0 Å². The molecule has 0 nitrogen and oxygen atoms in total. The lowest BCUT2D eigenvalue weighted by molar-refractivity contribution is 0.969. The highest BCUT2D eigenvalue weighted by atomic mass is 14.1. The van der Waals surface area contributed by atoms with Gasteiger partial charge in [0.2, 0.25) is 0 Å². The van der Waals surface area contributed by atoms with Gasteiger partial charge in [-0.05, 0) is 28.2 Å². The van der Waals surface area contributed by atoms with Crippen LogP contribution in [0, 0.1) is 0 Å². The molecule has 0 fully saturated rings. The van der Waals surface area contributed by atoms with E-state index in [2.05, 4.69) is 104 Å². The molecule has 1 atom stereocenters. The summed E-state index contributed by atoms with van der Waals surface area (Å²) >= 11 is 0. The average molecular weight is 284 g/mol. The maximum atomic E-state index is 2.36. The van der Waals surface area contributed by atoms with Gasteiger partial charge in [-0.25, -0.2) is 0 Å². The van der Waals surface area contributed by atoms with E-state index in [4.69, 9.17) is 0 Å². The van der Waals surface area contributed by atoms with Crippen LogP contribution in [0.1, 0.15) is 29.5 Å². The Labute approximate surface area is 132 Å². The molecule has 0 spiro atoms. The van der Waals surface area contributed by atoms with Gasteiger partial charge in [-0.3, -0.25) is 0 Å². The van der Waals surface area contributed by atoms with E-state index in [1.54, 1.807) is 0 Å². The van der Waals surface area contributed by atoms with E-state index in [9.17, 15) is 0 Å². The molecule has 0 bridgehead atoms. The molecule has 0 aliphatic carbocycles. The fourth-order valence-electron chi connectivity index (χ4n) is 2.70. The summed E-state index contributed by atoms with van der Waals surface area (Å²) in [5.41, 5.74) is 5.15. The quantitative estimate of drug-likeness (QED) is 0.557. The molecule has 0 aliphatic heterocycles. The third-order valence-corrected chi connectivity index (χ3v) is 3.91. The summed E-state index contributed by atoms with van der Waals surface area (Å²) in [7, 11) is 0. The molecule has 3 aromatic carbocycles. The Bertz CT molecular complexity index is 683. The molecule has 0 aliphatic rings. The summed E-state index contributed by atoms with van der Waals surface area (Å²) in [6.07, 6.45) is 2.36. The molecule has 108 valence electrons. The van der Waals surface area contributed by atoms with E-state index >= 15 is 0 Å². The van der Waals surface area contributed by atoms with Crippen molar-refractivity contribution >= 4 is 5.57 Å². The van der Waals surface area contributed by atoms with Gasteiger partial charge in [0.25, 0.3) is 0 Å². The molecule has 3 rings (SSSR count). The van der Waals surface area contributed by atoms with Crippen LogP contribution in [0.4, 0.5) is 0 Å². The second-order valence-corrected chi connectivity index (χ2v) is 5.51. The molecule has 22 heavy (non-hydrogen) atoms. The maximum Gasteiger partial charge on any atom is -0.000102 e. The first-order valence-electron chi connectivity index (χ1n) is 7.72. The van der Waals surface area contributed by atoms with Crippen LogP contribution < -0.4 is 0 Å². The Morgan fingerprint density at radius 1 is 0.636 bits per heavy atom. The molecule has 0 amide bonds. The first kappa shape index (κ1) is 14.3. The average Bonchev–Trinajstić information content (AvgIpc) is 2.62. The third kappa shape index (κ3) is 3.35. The summed E-state index contributed by atoms with van der Waals surface area (Å²) in [6.45, 7) is 2.25. The summed E-state index contributed by atoms with van der Waals surface area (Å²) in [6, 6.07) is 31.9. The van der Waals surface area contributed by atoms with Gasteiger partial charge < -0.3 is 0 Å². The highest BCUT2D eigenvalue weighted by Gasteiger charge is 2.08. The molecule has 0 radical (unpaired) electrons. The molecular formula is C22H20. The lowest BCUT2D eigenvalue weighted by Crippen LogP contribution is -1.94. The summed E-state index contributed by atoms with van der Waals surface area (Å²) < 4.78 is 0. The van der Waals surface area contributed by atoms with Gasteiger partial charge in [-0.1, -0.05) is 104 Å². The monoisotopic (exact) mass is 284 g/mol. The van der Waals surface area contributed by atoms with E-state index < -0.39 is 0 Å². The Kier molecular flexibility index (Phi) is 4.50.